The van der Waals surface area contributed by atoms with E-state index in [4.69, 9.17) is 14.2 Å². The standard InChI is InChI=1S/C30H34N4O7S/c1-17(35)32-28-33-22-9-7-8-21(26(37)27(22)42-28)25(36)18-11-13-24(31-15-18)34(29(38)41-30(2,3)4)16-19-10-12-20(39-5)14-23(19)40-6/h10-15,21H,7-9,16H2,1-6H3,(H,32,33,35). The molecule has 12 heteroatoms. The van der Waals surface area contributed by atoms with Crippen molar-refractivity contribution in [2.75, 3.05) is 24.4 Å². The van der Waals surface area contributed by atoms with E-state index in [0.29, 0.717) is 52.0 Å². The number of ether oxygens (including phenoxy) is 3. The number of hydrogen-bond acceptors (Lipinski definition) is 10. The van der Waals surface area contributed by atoms with Crippen LogP contribution in [0.25, 0.3) is 0 Å². The quantitative estimate of drug-likeness (QED) is 0.204. The molecule has 2 heterocycles. The van der Waals surface area contributed by atoms with Crippen molar-refractivity contribution in [3.05, 3.63) is 58.2 Å². The molecule has 3 aromatic rings. The average Bonchev–Trinajstić information content (AvgIpc) is 3.27. The SMILES string of the molecule is COc1ccc(CN(C(=O)OC(C)(C)C)c2ccc(C(=O)C3CCCc4nc(NC(C)=O)sc4C3=O)cn2)c(OC)c1. The van der Waals surface area contributed by atoms with Crippen molar-refractivity contribution in [2.45, 2.75) is 59.1 Å². The van der Waals surface area contributed by atoms with E-state index < -0.39 is 17.6 Å². The van der Waals surface area contributed by atoms with Crippen LogP contribution in [0.15, 0.2) is 36.5 Å². The first-order valence-corrected chi connectivity index (χ1v) is 14.2. The van der Waals surface area contributed by atoms with Gasteiger partial charge < -0.3 is 19.5 Å². The van der Waals surface area contributed by atoms with Crippen molar-refractivity contribution in [3.63, 3.8) is 0 Å². The number of rotatable bonds is 8. The van der Waals surface area contributed by atoms with Crippen LogP contribution in [0.4, 0.5) is 15.7 Å². The molecule has 1 aromatic carbocycles. The molecule has 1 N–H and O–H groups in total. The third-order valence-corrected chi connectivity index (χ3v) is 7.52. The van der Waals surface area contributed by atoms with Crippen molar-refractivity contribution in [1.29, 1.82) is 0 Å². The number of thiazole rings is 1. The minimum atomic E-state index is -0.893. The maximum Gasteiger partial charge on any atom is 0.416 e. The molecule has 0 saturated carbocycles. The number of aryl methyl sites for hydroxylation is 1. The van der Waals surface area contributed by atoms with Gasteiger partial charge in [0.1, 0.15) is 22.9 Å². The molecular weight excluding hydrogens is 560 g/mol. The van der Waals surface area contributed by atoms with Gasteiger partial charge in [0, 0.05) is 30.3 Å². The summed E-state index contributed by atoms with van der Waals surface area (Å²) in [6.45, 7) is 6.75. The van der Waals surface area contributed by atoms with Gasteiger partial charge in [-0.05, 0) is 64.3 Å². The van der Waals surface area contributed by atoms with E-state index in [1.165, 1.54) is 25.1 Å². The Morgan fingerprint density at radius 1 is 1.12 bits per heavy atom. The summed E-state index contributed by atoms with van der Waals surface area (Å²) in [6.07, 6.45) is 2.25. The van der Waals surface area contributed by atoms with Gasteiger partial charge in [-0.15, -0.1) is 0 Å². The number of carbonyl (C=O) groups is 4. The van der Waals surface area contributed by atoms with Gasteiger partial charge in [0.05, 0.1) is 37.3 Å². The molecule has 0 spiro atoms. The highest BCUT2D eigenvalue weighted by atomic mass is 32.1. The fourth-order valence-corrected chi connectivity index (χ4v) is 5.58. The number of carbonyl (C=O) groups excluding carboxylic acids is 4. The number of methoxy groups -OCH3 is 2. The number of fused-ring (bicyclic) bond motifs is 1. The Bertz CT molecular complexity index is 1490. The molecule has 1 atom stereocenters. The highest BCUT2D eigenvalue weighted by molar-refractivity contribution is 7.17. The lowest BCUT2D eigenvalue weighted by Crippen LogP contribution is -2.37. The Hall–Kier alpha value is -4.32. The van der Waals surface area contributed by atoms with E-state index in [0.717, 1.165) is 11.3 Å². The van der Waals surface area contributed by atoms with E-state index in [-0.39, 0.29) is 35.4 Å². The molecule has 0 aliphatic heterocycles. The minimum Gasteiger partial charge on any atom is -0.497 e. The lowest BCUT2D eigenvalue weighted by atomic mass is 9.91. The molecule has 42 heavy (non-hydrogen) atoms. The van der Waals surface area contributed by atoms with E-state index in [9.17, 15) is 19.2 Å². The number of ketones is 2. The highest BCUT2D eigenvalue weighted by Gasteiger charge is 2.34. The van der Waals surface area contributed by atoms with Gasteiger partial charge in [-0.25, -0.2) is 14.8 Å². The Kier molecular flexibility index (Phi) is 9.25. The predicted octanol–water partition coefficient (Wildman–Crippen LogP) is 5.47. The summed E-state index contributed by atoms with van der Waals surface area (Å²) in [5.74, 6) is -0.466. The van der Waals surface area contributed by atoms with Crippen molar-refractivity contribution < 1.29 is 33.4 Å². The number of pyridine rings is 1. The summed E-state index contributed by atoms with van der Waals surface area (Å²) in [4.78, 5) is 62.2. The van der Waals surface area contributed by atoms with Crippen LogP contribution in [0.2, 0.25) is 0 Å². The molecule has 0 radical (unpaired) electrons. The molecule has 2 aromatic heterocycles. The van der Waals surface area contributed by atoms with Crippen LogP contribution in [0, 0.1) is 5.92 Å². The van der Waals surface area contributed by atoms with E-state index in [2.05, 4.69) is 15.3 Å². The Morgan fingerprint density at radius 2 is 1.88 bits per heavy atom. The lowest BCUT2D eigenvalue weighted by molar-refractivity contribution is -0.114. The Labute approximate surface area is 248 Å². The van der Waals surface area contributed by atoms with Gasteiger partial charge in [-0.2, -0.15) is 0 Å². The third-order valence-electron chi connectivity index (χ3n) is 6.49. The second kappa shape index (κ2) is 12.7. The summed E-state index contributed by atoms with van der Waals surface area (Å²) in [5, 5.41) is 2.96. The molecule has 0 bridgehead atoms. The Balaban J connectivity index is 1.60. The summed E-state index contributed by atoms with van der Waals surface area (Å²) >= 11 is 1.08. The number of aromatic nitrogens is 2. The first kappa shape index (κ1) is 30.6. The predicted molar refractivity (Wildman–Crippen MR) is 158 cm³/mol. The zero-order valence-electron chi connectivity index (χ0n) is 24.5. The maximum absolute atomic E-state index is 13.5. The molecule has 0 fully saturated rings. The zero-order chi connectivity index (χ0) is 30.6. The molecular formula is C30H34N4O7S. The van der Waals surface area contributed by atoms with Gasteiger partial charge in [-0.1, -0.05) is 11.3 Å². The summed E-state index contributed by atoms with van der Waals surface area (Å²) in [5.41, 5.74) is 0.775. The van der Waals surface area contributed by atoms with Gasteiger partial charge in [0.25, 0.3) is 0 Å². The topological polar surface area (TPSA) is 137 Å². The number of nitrogens with zero attached hydrogens (tertiary/aromatic N) is 3. The minimum absolute atomic E-state index is 0.0777. The van der Waals surface area contributed by atoms with E-state index in [1.54, 1.807) is 58.2 Å². The van der Waals surface area contributed by atoms with Crippen LogP contribution < -0.4 is 19.7 Å². The van der Waals surface area contributed by atoms with E-state index in [1.807, 2.05) is 0 Å². The van der Waals surface area contributed by atoms with Gasteiger partial charge in [0.15, 0.2) is 16.7 Å². The van der Waals surface area contributed by atoms with Gasteiger partial charge >= 0.3 is 6.09 Å². The average molecular weight is 595 g/mol. The molecule has 2 amide bonds. The second-order valence-electron chi connectivity index (χ2n) is 10.8. The first-order chi connectivity index (χ1) is 19.9. The summed E-state index contributed by atoms with van der Waals surface area (Å²) in [7, 11) is 3.08. The van der Waals surface area contributed by atoms with Gasteiger partial charge in [-0.3, -0.25) is 19.3 Å². The number of anilines is 2. The van der Waals surface area contributed by atoms with Crippen LogP contribution in [-0.4, -0.2) is 53.4 Å². The molecule has 4 rings (SSSR count). The number of hydrogen-bond donors (Lipinski definition) is 1. The monoisotopic (exact) mass is 594 g/mol. The largest absolute Gasteiger partial charge is 0.497 e. The molecule has 1 aliphatic rings. The summed E-state index contributed by atoms with van der Waals surface area (Å²) in [6, 6.07) is 8.38. The molecule has 1 aliphatic carbocycles. The number of amides is 2. The summed E-state index contributed by atoms with van der Waals surface area (Å²) < 4.78 is 16.4. The van der Waals surface area contributed by atoms with Crippen LogP contribution in [-0.2, 0) is 22.5 Å². The van der Waals surface area contributed by atoms with Crippen LogP contribution in [0.3, 0.4) is 0 Å². The van der Waals surface area contributed by atoms with Crippen molar-refractivity contribution in [2.24, 2.45) is 5.92 Å². The zero-order valence-corrected chi connectivity index (χ0v) is 25.3. The maximum atomic E-state index is 13.5. The molecule has 0 saturated heterocycles. The first-order valence-electron chi connectivity index (χ1n) is 13.4. The Morgan fingerprint density at radius 3 is 2.50 bits per heavy atom. The molecule has 222 valence electrons. The number of nitrogens with one attached hydrogen (secondary N) is 1. The second-order valence-corrected chi connectivity index (χ2v) is 11.8. The van der Waals surface area contributed by atoms with Crippen LogP contribution >= 0.6 is 11.3 Å². The van der Waals surface area contributed by atoms with Crippen LogP contribution in [0.1, 0.15) is 71.8 Å². The molecule has 1 unspecified atom stereocenters. The smallest absolute Gasteiger partial charge is 0.416 e. The van der Waals surface area contributed by atoms with E-state index >= 15 is 0 Å². The van der Waals surface area contributed by atoms with Crippen molar-refractivity contribution in [3.8, 4) is 11.5 Å². The van der Waals surface area contributed by atoms with Crippen molar-refractivity contribution >= 4 is 45.9 Å². The molecule has 11 nitrogen and oxygen atoms in total. The number of benzene rings is 1. The van der Waals surface area contributed by atoms with Crippen molar-refractivity contribution in [1.82, 2.24) is 9.97 Å². The highest BCUT2D eigenvalue weighted by Crippen LogP contribution is 2.33. The normalized spacial score (nSPS) is 14.8. The fraction of sp³-hybridized carbons (Fsp3) is 0.400. The fourth-order valence-electron chi connectivity index (χ4n) is 4.53. The van der Waals surface area contributed by atoms with Gasteiger partial charge in [0.2, 0.25) is 5.91 Å². The lowest BCUT2D eigenvalue weighted by Gasteiger charge is -2.27. The third kappa shape index (κ3) is 7.11. The number of Topliss-reactive ketones (excluding diaryl/α,β-unsaturated/α-hetero) is 2. The van der Waals surface area contributed by atoms with Crippen LogP contribution in [0.5, 0.6) is 11.5 Å².